The van der Waals surface area contributed by atoms with E-state index in [1.54, 1.807) is 56.3 Å². The van der Waals surface area contributed by atoms with Crippen LogP contribution >= 0.6 is 7.75 Å². The van der Waals surface area contributed by atoms with Crippen molar-refractivity contribution in [3.63, 3.8) is 0 Å². The van der Waals surface area contributed by atoms with Crippen LogP contribution in [0.1, 0.15) is 65.7 Å². The molecular weight excluding hydrogens is 621 g/mol. The minimum atomic E-state index is -4.27. The normalized spacial score (nSPS) is 23.2. The smallest absolute Gasteiger partial charge is 0.459 e. The molecule has 1 saturated heterocycles. The number of ether oxygens (including phenoxy) is 3. The van der Waals surface area contributed by atoms with Gasteiger partial charge in [-0.3, -0.25) is 14.6 Å². The summed E-state index contributed by atoms with van der Waals surface area (Å²) in [6.45, 7) is 8.03. The van der Waals surface area contributed by atoms with Crippen LogP contribution in [-0.2, 0) is 28.1 Å². The Morgan fingerprint density at radius 2 is 1.89 bits per heavy atom. The predicted molar refractivity (Wildman–Crippen MR) is 166 cm³/mol. The third-order valence-corrected chi connectivity index (χ3v) is 8.82. The molecule has 0 spiro atoms. The highest BCUT2D eigenvalue weighted by atomic mass is 31.2. The van der Waals surface area contributed by atoms with E-state index >= 15 is 0 Å². The Hall–Kier alpha value is -3.59. The van der Waals surface area contributed by atoms with E-state index in [2.05, 4.69) is 20.5 Å². The SMILES string of the molecule is CCCCCOC(=O)Nc1ncnn2c([C@@H]3O[C@H](CO[P@@](=O)(N[C@@H](C)C(=O)OC(C)C)Oc4ccccc4)[C@@H](O)[C@@]3(C)O)ccc12. The lowest BCUT2D eigenvalue weighted by molar-refractivity contribution is -0.149. The van der Waals surface area contributed by atoms with Crippen LogP contribution in [0.5, 0.6) is 5.75 Å². The highest BCUT2D eigenvalue weighted by Crippen LogP contribution is 2.48. The zero-order valence-electron chi connectivity index (χ0n) is 26.5. The number of unbranched alkanes of at least 4 members (excludes halogenated alkanes) is 2. The topological polar surface area (TPSA) is 192 Å². The minimum Gasteiger partial charge on any atom is -0.462 e. The van der Waals surface area contributed by atoms with Crippen molar-refractivity contribution < 1.29 is 47.6 Å². The lowest BCUT2D eigenvalue weighted by atomic mass is 9.91. The molecule has 1 fully saturated rings. The van der Waals surface area contributed by atoms with Crippen LogP contribution in [-0.4, -0.2) is 80.0 Å². The largest absolute Gasteiger partial charge is 0.462 e. The maximum absolute atomic E-state index is 13.9. The molecule has 1 aromatic carbocycles. The molecule has 252 valence electrons. The number of nitrogens with zero attached hydrogens (tertiary/aromatic N) is 3. The predicted octanol–water partition coefficient (Wildman–Crippen LogP) is 4.15. The molecule has 1 aliphatic rings. The van der Waals surface area contributed by atoms with Crippen molar-refractivity contribution in [2.45, 2.75) is 89.9 Å². The molecule has 0 bridgehead atoms. The zero-order chi connectivity index (χ0) is 33.5. The van der Waals surface area contributed by atoms with Gasteiger partial charge in [0.1, 0.15) is 47.5 Å². The molecule has 15 nitrogen and oxygen atoms in total. The number of hydrogen-bond acceptors (Lipinski definition) is 12. The van der Waals surface area contributed by atoms with Crippen LogP contribution in [0.25, 0.3) is 5.52 Å². The highest BCUT2D eigenvalue weighted by Gasteiger charge is 2.54. The third kappa shape index (κ3) is 8.60. The summed E-state index contributed by atoms with van der Waals surface area (Å²) >= 11 is 0. The minimum absolute atomic E-state index is 0.176. The first-order valence-corrected chi connectivity index (χ1v) is 16.7. The molecule has 0 aliphatic carbocycles. The first-order chi connectivity index (χ1) is 21.8. The number of fused-ring (bicyclic) bond motifs is 1. The molecule has 4 N–H and O–H groups in total. The van der Waals surface area contributed by atoms with Crippen molar-refractivity contribution in [2.24, 2.45) is 0 Å². The van der Waals surface area contributed by atoms with Crippen LogP contribution in [0.3, 0.4) is 0 Å². The Morgan fingerprint density at radius 1 is 1.15 bits per heavy atom. The Morgan fingerprint density at radius 3 is 2.59 bits per heavy atom. The molecule has 16 heteroatoms. The van der Waals surface area contributed by atoms with Crippen molar-refractivity contribution >= 4 is 31.1 Å². The van der Waals surface area contributed by atoms with E-state index in [1.807, 2.05) is 6.92 Å². The van der Waals surface area contributed by atoms with Gasteiger partial charge in [-0.25, -0.2) is 18.9 Å². The summed E-state index contributed by atoms with van der Waals surface area (Å²) in [6, 6.07) is 10.4. The van der Waals surface area contributed by atoms with Crippen molar-refractivity contribution in [3.8, 4) is 5.75 Å². The molecule has 3 aromatic rings. The molecule has 1 amide bonds. The fourth-order valence-electron chi connectivity index (χ4n) is 4.82. The van der Waals surface area contributed by atoms with Gasteiger partial charge in [0, 0.05) is 0 Å². The zero-order valence-corrected chi connectivity index (χ0v) is 27.4. The number of carbonyl (C=O) groups excluding carboxylic acids is 2. The molecule has 1 aliphatic heterocycles. The van der Waals surface area contributed by atoms with Crippen LogP contribution in [0.15, 0.2) is 48.8 Å². The van der Waals surface area contributed by atoms with Crippen LogP contribution < -0.4 is 14.9 Å². The van der Waals surface area contributed by atoms with Crippen LogP contribution in [0.4, 0.5) is 10.6 Å². The van der Waals surface area contributed by atoms with Gasteiger partial charge >= 0.3 is 19.8 Å². The number of aliphatic hydroxyl groups is 2. The molecule has 46 heavy (non-hydrogen) atoms. The van der Waals surface area contributed by atoms with Crippen LogP contribution in [0, 0.1) is 0 Å². The van der Waals surface area contributed by atoms with E-state index in [1.165, 1.54) is 24.7 Å². The molecule has 0 saturated carbocycles. The summed E-state index contributed by atoms with van der Waals surface area (Å²) < 4.78 is 43.2. The Kier molecular flexibility index (Phi) is 11.8. The maximum atomic E-state index is 13.9. The number of hydrogen-bond donors (Lipinski definition) is 4. The van der Waals surface area contributed by atoms with Gasteiger partial charge < -0.3 is 28.9 Å². The third-order valence-electron chi connectivity index (χ3n) is 7.18. The molecule has 4 rings (SSSR count). The van der Waals surface area contributed by atoms with E-state index in [-0.39, 0.29) is 18.2 Å². The second-order valence-electron chi connectivity index (χ2n) is 11.4. The number of amides is 1. The fraction of sp³-hybridized carbons (Fsp3) is 0.533. The average molecular weight is 664 g/mol. The summed E-state index contributed by atoms with van der Waals surface area (Å²) in [5, 5.41) is 31.9. The van der Waals surface area contributed by atoms with Crippen molar-refractivity contribution in [1.29, 1.82) is 0 Å². The summed E-state index contributed by atoms with van der Waals surface area (Å²) in [5.41, 5.74) is -1.12. The van der Waals surface area contributed by atoms with E-state index in [0.29, 0.717) is 11.2 Å². The number of anilines is 1. The summed E-state index contributed by atoms with van der Waals surface area (Å²) in [5.74, 6) is -0.291. The first kappa shape index (κ1) is 35.3. The van der Waals surface area contributed by atoms with Gasteiger partial charge in [-0.05, 0) is 58.4 Å². The van der Waals surface area contributed by atoms with Gasteiger partial charge in [0.2, 0.25) is 0 Å². The van der Waals surface area contributed by atoms with Gasteiger partial charge in [0.05, 0.1) is 25.0 Å². The van der Waals surface area contributed by atoms with Gasteiger partial charge in [-0.15, -0.1) is 0 Å². The molecule has 0 radical (unpaired) electrons. The van der Waals surface area contributed by atoms with Gasteiger partial charge in [0.15, 0.2) is 5.82 Å². The monoisotopic (exact) mass is 663 g/mol. The van der Waals surface area contributed by atoms with Gasteiger partial charge in [-0.2, -0.15) is 10.2 Å². The van der Waals surface area contributed by atoms with Crippen LogP contribution in [0.2, 0.25) is 0 Å². The van der Waals surface area contributed by atoms with Gasteiger partial charge in [0.25, 0.3) is 0 Å². The lowest BCUT2D eigenvalue weighted by Gasteiger charge is -2.27. The number of aromatic nitrogens is 3. The van der Waals surface area contributed by atoms with E-state index in [0.717, 1.165) is 19.3 Å². The summed E-state index contributed by atoms with van der Waals surface area (Å²) in [7, 11) is -4.27. The molecule has 6 atom stereocenters. The number of para-hydroxylation sites is 1. The average Bonchev–Trinajstić information content (AvgIpc) is 3.52. The number of nitrogens with one attached hydrogen (secondary N) is 2. The number of esters is 1. The quantitative estimate of drug-likeness (QED) is 0.103. The number of benzene rings is 1. The summed E-state index contributed by atoms with van der Waals surface area (Å²) in [6.07, 6.45) is -1.00. The second-order valence-corrected chi connectivity index (χ2v) is 13.1. The first-order valence-electron chi connectivity index (χ1n) is 15.1. The maximum Gasteiger partial charge on any atom is 0.459 e. The van der Waals surface area contributed by atoms with E-state index < -0.39 is 62.5 Å². The molecule has 3 heterocycles. The number of carbonyl (C=O) groups is 2. The van der Waals surface area contributed by atoms with Crippen molar-refractivity contribution in [2.75, 3.05) is 18.5 Å². The second kappa shape index (κ2) is 15.3. The van der Waals surface area contributed by atoms with Crippen molar-refractivity contribution in [3.05, 3.63) is 54.5 Å². The standard InChI is InChI=1S/C30H42N5O10P/c1-6-7-11-16-41-29(38)33-27-23-15-14-22(35(23)32-18-31-27)26-30(5,39)25(36)24(44-26)17-42-46(40,45-21-12-9-8-10-13-21)34-20(4)28(37)43-19(2)3/h8-10,12-15,18-20,24-26,36,39H,6-7,11,16-17H2,1-5H3,(H,34,40)(H,31,32,33,38)/t20-,24+,25+,26-,30+,46-/m0/s1. The van der Waals surface area contributed by atoms with Crippen molar-refractivity contribution in [1.82, 2.24) is 19.7 Å². The van der Waals surface area contributed by atoms with Gasteiger partial charge in [-0.1, -0.05) is 38.0 Å². The molecule has 0 unspecified atom stereocenters. The number of aliphatic hydroxyl groups excluding tert-OH is 1. The Balaban J connectivity index is 1.50. The molecular formula is C30H42N5O10P. The highest BCUT2D eigenvalue weighted by molar-refractivity contribution is 7.52. The Labute approximate surface area is 267 Å². The Bertz CT molecular complexity index is 1520. The number of rotatable bonds is 15. The van der Waals surface area contributed by atoms with E-state index in [9.17, 15) is 24.4 Å². The summed E-state index contributed by atoms with van der Waals surface area (Å²) in [4.78, 5) is 28.9. The lowest BCUT2D eigenvalue weighted by Crippen LogP contribution is -2.43. The molecule has 2 aromatic heterocycles. The van der Waals surface area contributed by atoms with E-state index in [4.69, 9.17) is 23.3 Å². The fourth-order valence-corrected chi connectivity index (χ4v) is 6.32.